The molecule has 4 N–H and O–H groups in total. The third-order valence-electron chi connectivity index (χ3n) is 4.79. The average molecular weight is 410 g/mol. The van der Waals surface area contributed by atoms with Gasteiger partial charge < -0.3 is 26.0 Å². The van der Waals surface area contributed by atoms with Crippen molar-refractivity contribution < 1.29 is 19.1 Å². The molecule has 8 heteroatoms. The second kappa shape index (κ2) is 9.41. The molecule has 0 bridgehead atoms. The fourth-order valence-electron chi connectivity index (χ4n) is 3.05. The maximum absolute atomic E-state index is 12.6. The average Bonchev–Trinajstić information content (AvgIpc) is 3.54. The smallest absolute Gasteiger partial charge is 0.253 e. The monoisotopic (exact) mass is 410 g/mol. The fourth-order valence-corrected chi connectivity index (χ4v) is 3.05. The molecule has 158 valence electrons. The number of carbonyl (C=O) groups excluding carboxylic acids is 3. The summed E-state index contributed by atoms with van der Waals surface area (Å²) in [7, 11) is 3.26. The van der Waals surface area contributed by atoms with E-state index in [9.17, 15) is 14.4 Å². The van der Waals surface area contributed by atoms with Gasteiger partial charge in [0.1, 0.15) is 6.04 Å². The molecule has 0 saturated carbocycles. The first-order valence-corrected chi connectivity index (χ1v) is 9.68. The van der Waals surface area contributed by atoms with E-state index in [1.807, 2.05) is 42.5 Å². The van der Waals surface area contributed by atoms with Crippen molar-refractivity contribution in [3.63, 3.8) is 0 Å². The number of nitrogen functional groups attached to an aromatic ring is 1. The molecule has 2 aromatic rings. The van der Waals surface area contributed by atoms with Crippen LogP contribution in [0.3, 0.4) is 0 Å². The van der Waals surface area contributed by atoms with Crippen LogP contribution in [0.15, 0.2) is 54.6 Å². The molecule has 1 aliphatic rings. The van der Waals surface area contributed by atoms with Gasteiger partial charge in [-0.2, -0.15) is 0 Å². The topological polar surface area (TPSA) is 117 Å². The van der Waals surface area contributed by atoms with Gasteiger partial charge in [0.25, 0.3) is 11.8 Å². The molecular weight excluding hydrogens is 384 g/mol. The summed E-state index contributed by atoms with van der Waals surface area (Å²) in [5.74, 6) is -1.07. The zero-order chi connectivity index (χ0) is 21.7. The normalized spacial score (nSPS) is 18.2. The summed E-state index contributed by atoms with van der Waals surface area (Å²) in [5.41, 5.74) is 8.10. The molecule has 3 amide bonds. The molecule has 1 aliphatic heterocycles. The maximum atomic E-state index is 12.6. The number of benzene rings is 2. The first-order valence-electron chi connectivity index (χ1n) is 9.68. The zero-order valence-electron chi connectivity index (χ0n) is 17.0. The summed E-state index contributed by atoms with van der Waals surface area (Å²) in [6.07, 6.45) is -1.40. The molecule has 1 fully saturated rings. The van der Waals surface area contributed by atoms with Gasteiger partial charge in [0.2, 0.25) is 5.91 Å². The number of anilines is 1. The van der Waals surface area contributed by atoms with Gasteiger partial charge in [-0.15, -0.1) is 0 Å². The third-order valence-corrected chi connectivity index (χ3v) is 4.79. The molecule has 0 radical (unpaired) electrons. The standard InChI is InChI=1S/C22H26N4O4/c1-26(2)22(29)17(12-14-6-4-3-5-7-14)25-21(28)19-18(30-19)20(27)24-13-15-8-10-16(23)11-9-15/h3-11,17-19H,12-13,23H2,1-2H3,(H,24,27)(H,25,28)/t17-,18-,19-/m0/s1. The highest BCUT2D eigenvalue weighted by Crippen LogP contribution is 2.23. The van der Waals surface area contributed by atoms with Crippen LogP contribution in [0.25, 0.3) is 0 Å². The van der Waals surface area contributed by atoms with Crippen molar-refractivity contribution in [1.82, 2.24) is 15.5 Å². The Labute approximate surface area is 175 Å². The highest BCUT2D eigenvalue weighted by Gasteiger charge is 2.50. The molecule has 30 heavy (non-hydrogen) atoms. The quantitative estimate of drug-likeness (QED) is 0.432. The lowest BCUT2D eigenvalue weighted by Gasteiger charge is -2.21. The second-order valence-electron chi connectivity index (χ2n) is 7.42. The predicted octanol–water partition coefficient (Wildman–Crippen LogP) is 0.468. The van der Waals surface area contributed by atoms with Crippen molar-refractivity contribution in [2.45, 2.75) is 31.2 Å². The second-order valence-corrected chi connectivity index (χ2v) is 7.42. The molecule has 3 atom stereocenters. The Morgan fingerprint density at radius 2 is 1.60 bits per heavy atom. The molecule has 0 aliphatic carbocycles. The van der Waals surface area contributed by atoms with Crippen LogP contribution in [0.5, 0.6) is 0 Å². The van der Waals surface area contributed by atoms with E-state index in [0.29, 0.717) is 18.7 Å². The number of nitrogens with two attached hydrogens (primary N) is 1. The van der Waals surface area contributed by atoms with Crippen LogP contribution >= 0.6 is 0 Å². The van der Waals surface area contributed by atoms with Crippen molar-refractivity contribution in [3.05, 3.63) is 65.7 Å². The van der Waals surface area contributed by atoms with Crippen molar-refractivity contribution in [1.29, 1.82) is 0 Å². The SMILES string of the molecule is CN(C)C(=O)[C@H](Cc1ccccc1)NC(=O)[C@H]1O[C@@H]1C(=O)NCc1ccc(N)cc1. The maximum Gasteiger partial charge on any atom is 0.253 e. The van der Waals surface area contributed by atoms with Crippen LogP contribution in [0.2, 0.25) is 0 Å². The number of likely N-dealkylation sites (N-methyl/N-ethyl adjacent to an activating group) is 1. The Morgan fingerprint density at radius 1 is 0.967 bits per heavy atom. The van der Waals surface area contributed by atoms with E-state index in [1.165, 1.54) is 4.90 Å². The summed E-state index contributed by atoms with van der Waals surface area (Å²) < 4.78 is 5.27. The van der Waals surface area contributed by atoms with E-state index in [1.54, 1.807) is 26.2 Å². The Kier molecular flexibility index (Phi) is 6.68. The molecular formula is C22H26N4O4. The van der Waals surface area contributed by atoms with Gasteiger partial charge >= 0.3 is 0 Å². The molecule has 3 rings (SSSR count). The number of carbonyl (C=O) groups is 3. The zero-order valence-corrected chi connectivity index (χ0v) is 17.0. The van der Waals surface area contributed by atoms with E-state index in [4.69, 9.17) is 10.5 Å². The van der Waals surface area contributed by atoms with E-state index < -0.39 is 24.2 Å². The molecule has 0 aromatic heterocycles. The molecule has 1 saturated heterocycles. The highest BCUT2D eigenvalue weighted by atomic mass is 16.6. The van der Waals surface area contributed by atoms with Gasteiger partial charge in [-0.05, 0) is 23.3 Å². The van der Waals surface area contributed by atoms with E-state index >= 15 is 0 Å². The van der Waals surface area contributed by atoms with Gasteiger partial charge in [-0.1, -0.05) is 42.5 Å². The first kappa shape index (κ1) is 21.3. The number of hydrogen-bond donors (Lipinski definition) is 3. The Hall–Kier alpha value is -3.39. The number of nitrogens with zero attached hydrogens (tertiary/aromatic N) is 1. The minimum absolute atomic E-state index is 0.225. The van der Waals surface area contributed by atoms with Crippen LogP contribution in [-0.2, 0) is 32.1 Å². The van der Waals surface area contributed by atoms with Crippen LogP contribution in [-0.4, -0.2) is 55.0 Å². The van der Waals surface area contributed by atoms with Crippen LogP contribution in [0, 0.1) is 0 Å². The lowest BCUT2D eigenvalue weighted by Crippen LogP contribution is -2.49. The van der Waals surface area contributed by atoms with Gasteiger partial charge in [0.05, 0.1) is 0 Å². The molecule has 0 unspecified atom stereocenters. The Balaban J connectivity index is 1.54. The third kappa shape index (κ3) is 5.57. The number of epoxide rings is 1. The molecule has 2 aromatic carbocycles. The van der Waals surface area contributed by atoms with Crippen molar-refractivity contribution >= 4 is 23.4 Å². The van der Waals surface area contributed by atoms with Crippen LogP contribution < -0.4 is 16.4 Å². The lowest BCUT2D eigenvalue weighted by atomic mass is 10.0. The minimum Gasteiger partial charge on any atom is -0.399 e. The summed E-state index contributed by atoms with van der Waals surface area (Å²) >= 11 is 0. The van der Waals surface area contributed by atoms with E-state index in [0.717, 1.165) is 11.1 Å². The molecule has 1 heterocycles. The van der Waals surface area contributed by atoms with Crippen molar-refractivity contribution in [2.75, 3.05) is 19.8 Å². The van der Waals surface area contributed by atoms with Gasteiger partial charge in [-0.25, -0.2) is 0 Å². The highest BCUT2D eigenvalue weighted by molar-refractivity contribution is 5.97. The Morgan fingerprint density at radius 3 is 2.23 bits per heavy atom. The summed E-state index contributed by atoms with van der Waals surface area (Å²) in [5, 5.41) is 5.46. The number of nitrogens with one attached hydrogen (secondary N) is 2. The number of rotatable bonds is 8. The molecule has 0 spiro atoms. The Bertz CT molecular complexity index is 899. The van der Waals surface area contributed by atoms with Crippen LogP contribution in [0.4, 0.5) is 5.69 Å². The summed E-state index contributed by atoms with van der Waals surface area (Å²) in [6.45, 7) is 0.309. The minimum atomic E-state index is -0.898. The van der Waals surface area contributed by atoms with Crippen molar-refractivity contribution in [2.24, 2.45) is 0 Å². The van der Waals surface area contributed by atoms with E-state index in [-0.39, 0.29) is 11.8 Å². The predicted molar refractivity (Wildman–Crippen MR) is 112 cm³/mol. The van der Waals surface area contributed by atoms with Crippen LogP contribution in [0.1, 0.15) is 11.1 Å². The largest absolute Gasteiger partial charge is 0.399 e. The van der Waals surface area contributed by atoms with Crippen molar-refractivity contribution in [3.8, 4) is 0 Å². The number of hydrogen-bond acceptors (Lipinski definition) is 5. The summed E-state index contributed by atoms with van der Waals surface area (Å²) in [6, 6.07) is 15.8. The van der Waals surface area contributed by atoms with Gasteiger partial charge in [0, 0.05) is 32.7 Å². The lowest BCUT2D eigenvalue weighted by molar-refractivity contribution is -0.134. The molecule has 8 nitrogen and oxygen atoms in total. The fraction of sp³-hybridized carbons (Fsp3) is 0.318. The number of ether oxygens (including phenoxy) is 1. The van der Waals surface area contributed by atoms with Gasteiger partial charge in [0.15, 0.2) is 12.2 Å². The first-order chi connectivity index (χ1) is 14.3. The van der Waals surface area contributed by atoms with E-state index in [2.05, 4.69) is 10.6 Å². The number of amides is 3. The van der Waals surface area contributed by atoms with Gasteiger partial charge in [-0.3, -0.25) is 14.4 Å². The summed E-state index contributed by atoms with van der Waals surface area (Å²) in [4.78, 5) is 38.8.